The fraction of sp³-hybridized carbons (Fsp3) is 0.280. The summed E-state index contributed by atoms with van der Waals surface area (Å²) in [6.07, 6.45) is 1.62. The first kappa shape index (κ1) is 23.6. The summed E-state index contributed by atoms with van der Waals surface area (Å²) in [7, 11) is 0. The van der Waals surface area contributed by atoms with Crippen molar-refractivity contribution in [2.45, 2.75) is 26.9 Å². The second-order valence-electron chi connectivity index (χ2n) is 7.95. The monoisotopic (exact) mass is 476 g/mol. The fourth-order valence-electron chi connectivity index (χ4n) is 4.04. The molecular weight excluding hydrogens is 448 g/mol. The molecule has 1 amide bonds. The number of nitrogens with zero attached hydrogens (tertiary/aromatic N) is 4. The molecule has 8 nitrogen and oxygen atoms in total. The predicted molar refractivity (Wildman–Crippen MR) is 139 cm³/mol. The molecular formula is C25H28N6O2S. The topological polar surface area (TPSA) is 87.9 Å². The van der Waals surface area contributed by atoms with Gasteiger partial charge in [-0.25, -0.2) is 4.98 Å². The van der Waals surface area contributed by atoms with Crippen molar-refractivity contribution in [2.75, 3.05) is 25.0 Å². The molecule has 0 aliphatic carbocycles. The van der Waals surface area contributed by atoms with Crippen molar-refractivity contribution in [3.05, 3.63) is 75.8 Å². The van der Waals surface area contributed by atoms with E-state index in [2.05, 4.69) is 40.6 Å². The van der Waals surface area contributed by atoms with Crippen LogP contribution in [0.5, 0.6) is 0 Å². The third-order valence-electron chi connectivity index (χ3n) is 5.97. The van der Waals surface area contributed by atoms with E-state index < -0.39 is 0 Å². The molecule has 4 rings (SSSR count). The van der Waals surface area contributed by atoms with Crippen LogP contribution in [-0.2, 0) is 13.1 Å². The molecule has 176 valence electrons. The Hall–Kier alpha value is -3.56. The highest BCUT2D eigenvalue weighted by Gasteiger charge is 2.16. The number of H-pyrrole nitrogens is 1. The van der Waals surface area contributed by atoms with Crippen LogP contribution in [0.15, 0.2) is 59.9 Å². The van der Waals surface area contributed by atoms with Gasteiger partial charge in [-0.15, -0.1) is 6.58 Å². The van der Waals surface area contributed by atoms with E-state index in [9.17, 15) is 9.59 Å². The maximum atomic E-state index is 13.2. The zero-order valence-corrected chi connectivity index (χ0v) is 20.2. The number of hydrogen-bond donors (Lipinski definition) is 2. The quantitative estimate of drug-likeness (QED) is 0.279. The van der Waals surface area contributed by atoms with Crippen molar-refractivity contribution < 1.29 is 4.79 Å². The second kappa shape index (κ2) is 10.1. The molecule has 0 aliphatic heterocycles. The lowest BCUT2D eigenvalue weighted by Gasteiger charge is -2.19. The predicted octanol–water partition coefficient (Wildman–Crippen LogP) is 4.19. The van der Waals surface area contributed by atoms with Crippen LogP contribution in [0.2, 0.25) is 0 Å². The molecule has 0 saturated heterocycles. The molecule has 0 atom stereocenters. The van der Waals surface area contributed by atoms with E-state index in [0.717, 1.165) is 30.7 Å². The van der Waals surface area contributed by atoms with Gasteiger partial charge < -0.3 is 14.5 Å². The number of para-hydroxylation sites is 2. The van der Waals surface area contributed by atoms with Gasteiger partial charge >= 0.3 is 0 Å². The van der Waals surface area contributed by atoms with Gasteiger partial charge in [-0.3, -0.25) is 19.5 Å². The summed E-state index contributed by atoms with van der Waals surface area (Å²) in [5, 5.41) is 3.42. The minimum atomic E-state index is -0.309. The SMILES string of the molecule is C=CCn1c(=S)[nH]c2cc(C(=O)Nc3nc4ccccc4n3CCN(CC)CC)ccc2c1=O. The molecule has 34 heavy (non-hydrogen) atoms. The molecule has 0 radical (unpaired) electrons. The number of amides is 1. The van der Waals surface area contributed by atoms with Gasteiger partial charge in [0, 0.05) is 25.2 Å². The van der Waals surface area contributed by atoms with E-state index in [-0.39, 0.29) is 16.2 Å². The Morgan fingerprint density at radius 3 is 2.71 bits per heavy atom. The maximum absolute atomic E-state index is 13.2. The summed E-state index contributed by atoms with van der Waals surface area (Å²) in [5.74, 6) is 0.184. The van der Waals surface area contributed by atoms with Crippen LogP contribution < -0.4 is 10.9 Å². The number of imidazole rings is 1. The van der Waals surface area contributed by atoms with E-state index in [1.165, 1.54) is 4.57 Å². The standard InChI is InChI=1S/C25H28N6O2S/c1-4-13-31-23(33)18-12-11-17(16-20(18)27-25(31)34)22(32)28-24-26-19-9-7-8-10-21(19)30(24)15-14-29(5-2)6-3/h4,7-12,16H,1,5-6,13-15H2,2-3H3,(H,27,34)(H,26,28,32). The molecule has 2 aromatic carbocycles. The van der Waals surface area contributed by atoms with Gasteiger partial charge in [0.15, 0.2) is 4.77 Å². The van der Waals surface area contributed by atoms with Gasteiger partial charge in [0.1, 0.15) is 0 Å². The Morgan fingerprint density at radius 2 is 1.97 bits per heavy atom. The highest BCUT2D eigenvalue weighted by Crippen LogP contribution is 2.21. The first-order chi connectivity index (χ1) is 16.5. The van der Waals surface area contributed by atoms with Crippen LogP contribution in [0, 0.1) is 4.77 Å². The molecule has 0 fully saturated rings. The van der Waals surface area contributed by atoms with E-state index >= 15 is 0 Å². The number of anilines is 1. The largest absolute Gasteiger partial charge is 0.332 e. The first-order valence-corrected chi connectivity index (χ1v) is 11.7. The maximum Gasteiger partial charge on any atom is 0.262 e. The second-order valence-corrected chi connectivity index (χ2v) is 8.34. The summed E-state index contributed by atoms with van der Waals surface area (Å²) >= 11 is 5.31. The van der Waals surface area contributed by atoms with Crippen LogP contribution in [0.25, 0.3) is 21.9 Å². The van der Waals surface area contributed by atoms with Crippen molar-refractivity contribution in [2.24, 2.45) is 0 Å². The average Bonchev–Trinajstić information content (AvgIpc) is 3.19. The molecule has 2 aromatic heterocycles. The number of likely N-dealkylation sites (N-methyl/N-ethyl adjacent to an activating group) is 1. The minimum Gasteiger partial charge on any atom is -0.332 e. The molecule has 0 unspecified atom stereocenters. The van der Waals surface area contributed by atoms with Gasteiger partial charge in [0.25, 0.3) is 11.5 Å². The van der Waals surface area contributed by atoms with E-state index in [1.807, 2.05) is 28.8 Å². The Bertz CT molecular complexity index is 1480. The van der Waals surface area contributed by atoms with Crippen LogP contribution >= 0.6 is 12.2 Å². The Labute approximate surface area is 202 Å². The summed E-state index contributed by atoms with van der Waals surface area (Å²) < 4.78 is 3.75. The van der Waals surface area contributed by atoms with Crippen molar-refractivity contribution in [3.8, 4) is 0 Å². The molecule has 0 bridgehead atoms. The van der Waals surface area contributed by atoms with Crippen LogP contribution in [0.1, 0.15) is 24.2 Å². The first-order valence-electron chi connectivity index (χ1n) is 11.3. The number of fused-ring (bicyclic) bond motifs is 2. The summed E-state index contributed by atoms with van der Waals surface area (Å²) in [4.78, 5) is 35.9. The van der Waals surface area contributed by atoms with Crippen molar-refractivity contribution in [1.29, 1.82) is 0 Å². The third-order valence-corrected chi connectivity index (χ3v) is 6.29. The molecule has 0 saturated carbocycles. The lowest BCUT2D eigenvalue weighted by atomic mass is 10.1. The number of aromatic amines is 1. The van der Waals surface area contributed by atoms with Crippen molar-refractivity contribution in [1.82, 2.24) is 24.0 Å². The van der Waals surface area contributed by atoms with Crippen LogP contribution in [0.4, 0.5) is 5.95 Å². The fourth-order valence-corrected chi connectivity index (χ4v) is 4.31. The highest BCUT2D eigenvalue weighted by molar-refractivity contribution is 7.71. The molecule has 9 heteroatoms. The lowest BCUT2D eigenvalue weighted by molar-refractivity contribution is 0.102. The molecule has 2 heterocycles. The number of nitrogens with one attached hydrogen (secondary N) is 2. The van der Waals surface area contributed by atoms with Crippen LogP contribution in [-0.4, -0.2) is 49.5 Å². The summed E-state index contributed by atoms with van der Waals surface area (Å²) in [6.45, 7) is 11.7. The molecule has 4 aromatic rings. The van der Waals surface area contributed by atoms with E-state index in [0.29, 0.717) is 35.5 Å². The lowest BCUT2D eigenvalue weighted by Crippen LogP contribution is -2.27. The number of carbonyl (C=O) groups excluding carboxylic acids is 1. The Balaban J connectivity index is 1.67. The Kier molecular flexibility index (Phi) is 7.04. The van der Waals surface area contributed by atoms with Gasteiger partial charge in [-0.1, -0.05) is 32.1 Å². The van der Waals surface area contributed by atoms with Gasteiger partial charge in [-0.2, -0.15) is 0 Å². The van der Waals surface area contributed by atoms with Crippen molar-refractivity contribution in [3.63, 3.8) is 0 Å². The van der Waals surface area contributed by atoms with Gasteiger partial charge in [-0.05, 0) is 55.6 Å². The zero-order chi connectivity index (χ0) is 24.2. The van der Waals surface area contributed by atoms with E-state index in [1.54, 1.807) is 24.3 Å². The smallest absolute Gasteiger partial charge is 0.262 e. The number of hydrogen-bond acceptors (Lipinski definition) is 5. The number of benzene rings is 2. The molecule has 0 aliphatic rings. The van der Waals surface area contributed by atoms with Crippen LogP contribution in [0.3, 0.4) is 0 Å². The number of allylic oxidation sites excluding steroid dienone is 1. The molecule has 2 N–H and O–H groups in total. The molecule has 0 spiro atoms. The normalized spacial score (nSPS) is 11.4. The highest BCUT2D eigenvalue weighted by atomic mass is 32.1. The zero-order valence-electron chi connectivity index (χ0n) is 19.4. The van der Waals surface area contributed by atoms with Gasteiger partial charge in [0.05, 0.1) is 21.9 Å². The van der Waals surface area contributed by atoms with E-state index in [4.69, 9.17) is 12.2 Å². The number of rotatable bonds is 9. The third kappa shape index (κ3) is 4.57. The van der Waals surface area contributed by atoms with Gasteiger partial charge in [0.2, 0.25) is 5.95 Å². The Morgan fingerprint density at radius 1 is 1.21 bits per heavy atom. The average molecular weight is 477 g/mol. The van der Waals surface area contributed by atoms with Crippen molar-refractivity contribution >= 4 is 46.0 Å². The number of carbonyl (C=O) groups is 1. The summed E-state index contributed by atoms with van der Waals surface area (Å²) in [6, 6.07) is 12.8. The summed E-state index contributed by atoms with van der Waals surface area (Å²) in [5.41, 5.74) is 2.49. The minimum absolute atomic E-state index is 0.219. The number of aromatic nitrogens is 4.